The number of hydrogen-bond acceptors (Lipinski definition) is 4. The first kappa shape index (κ1) is 15.1. The van der Waals surface area contributed by atoms with Gasteiger partial charge in [-0.05, 0) is 20.3 Å². The molecule has 0 aromatic heterocycles. The van der Waals surface area contributed by atoms with E-state index in [4.69, 9.17) is 5.73 Å². The molecule has 0 bridgehead atoms. The number of carbonyl (C=O) groups excluding carboxylic acids is 1. The van der Waals surface area contributed by atoms with Crippen LogP contribution >= 0.6 is 0 Å². The maximum Gasteiger partial charge on any atom is 0.237 e. The molecule has 0 aromatic rings. The number of nitrogens with two attached hydrogens (primary N) is 1. The highest BCUT2D eigenvalue weighted by Gasteiger charge is 2.30. The van der Waals surface area contributed by atoms with Gasteiger partial charge in [-0.2, -0.15) is 0 Å². The molecule has 0 aromatic carbocycles. The molecule has 0 radical (unpaired) electrons. The first-order valence-electron chi connectivity index (χ1n) is 4.95. The molecule has 0 fully saturated rings. The van der Waals surface area contributed by atoms with Crippen molar-refractivity contribution in [3.63, 3.8) is 0 Å². The number of hydrogen-bond donors (Lipinski definition) is 2. The highest BCUT2D eigenvalue weighted by atomic mass is 32.2. The summed E-state index contributed by atoms with van der Waals surface area (Å²) < 4.78 is 21.7. The highest BCUT2D eigenvalue weighted by Crippen LogP contribution is 2.13. The summed E-state index contributed by atoms with van der Waals surface area (Å²) >= 11 is 0. The predicted molar refractivity (Wildman–Crippen MR) is 64.7 cm³/mol. The van der Waals surface area contributed by atoms with Gasteiger partial charge in [-0.3, -0.25) is 4.79 Å². The number of carbonyl (C=O) groups is 1. The summed E-state index contributed by atoms with van der Waals surface area (Å²) in [5, 5.41) is 2.52. The van der Waals surface area contributed by atoms with Crippen LogP contribution in [0.1, 0.15) is 20.3 Å². The molecule has 0 spiro atoms. The molecule has 1 atom stereocenters. The molecule has 3 N–H and O–H groups in total. The quantitative estimate of drug-likeness (QED) is 0.639. The summed E-state index contributed by atoms with van der Waals surface area (Å²) in [5.41, 5.74) is 5.53. The monoisotopic (exact) mass is 248 g/mol. The Labute approximate surface area is 97.0 Å². The van der Waals surface area contributed by atoms with E-state index >= 15 is 0 Å². The van der Waals surface area contributed by atoms with Gasteiger partial charge >= 0.3 is 0 Å². The minimum Gasteiger partial charge on any atom is -0.353 e. The Morgan fingerprint density at radius 3 is 2.44 bits per heavy atom. The van der Waals surface area contributed by atoms with Crippen molar-refractivity contribution in [2.45, 2.75) is 31.1 Å². The van der Waals surface area contributed by atoms with E-state index in [9.17, 15) is 13.2 Å². The second-order valence-electron chi connectivity index (χ2n) is 4.38. The molecule has 6 heteroatoms. The van der Waals surface area contributed by atoms with Gasteiger partial charge in [-0.25, -0.2) is 8.42 Å². The number of rotatable bonds is 6. The van der Waals surface area contributed by atoms with E-state index in [-0.39, 0.29) is 12.5 Å². The van der Waals surface area contributed by atoms with E-state index in [1.165, 1.54) is 0 Å². The zero-order valence-corrected chi connectivity index (χ0v) is 10.8. The Kier molecular flexibility index (Phi) is 5.15. The predicted octanol–water partition coefficient (Wildman–Crippen LogP) is -0.171. The van der Waals surface area contributed by atoms with Crippen LogP contribution in [0.5, 0.6) is 0 Å². The van der Waals surface area contributed by atoms with Crippen LogP contribution in [-0.2, 0) is 14.6 Å². The molecule has 16 heavy (non-hydrogen) atoms. The molecule has 0 aliphatic heterocycles. The van der Waals surface area contributed by atoms with Crippen molar-refractivity contribution in [3.05, 3.63) is 12.7 Å². The van der Waals surface area contributed by atoms with Crippen molar-refractivity contribution in [2.75, 3.05) is 12.8 Å². The molecular weight excluding hydrogens is 228 g/mol. The van der Waals surface area contributed by atoms with E-state index in [2.05, 4.69) is 11.9 Å². The molecule has 94 valence electrons. The lowest BCUT2D eigenvalue weighted by Crippen LogP contribution is -2.48. The van der Waals surface area contributed by atoms with Crippen LogP contribution in [-0.4, -0.2) is 37.9 Å². The largest absolute Gasteiger partial charge is 0.353 e. The fourth-order valence-corrected chi connectivity index (χ4v) is 1.18. The summed E-state index contributed by atoms with van der Waals surface area (Å²) in [6.45, 7) is 6.64. The fourth-order valence-electron chi connectivity index (χ4n) is 0.849. The second kappa shape index (κ2) is 5.45. The van der Waals surface area contributed by atoms with Gasteiger partial charge in [0, 0.05) is 12.8 Å². The third-order valence-corrected chi connectivity index (χ3v) is 4.60. The van der Waals surface area contributed by atoms with Crippen LogP contribution in [0.2, 0.25) is 0 Å². The third kappa shape index (κ3) is 4.32. The standard InChI is InChI=1S/C10H20N2O3S/c1-5-6-8(11)9(13)12-7-10(2,3)16(4,14)15/h5,8H,1,6-7,11H2,2-4H3,(H,12,13). The van der Waals surface area contributed by atoms with Gasteiger partial charge in [0.25, 0.3) is 0 Å². The molecule has 0 aliphatic rings. The van der Waals surface area contributed by atoms with Crippen molar-refractivity contribution in [3.8, 4) is 0 Å². The summed E-state index contributed by atoms with van der Waals surface area (Å²) in [5.74, 6) is -0.364. The number of nitrogens with one attached hydrogen (secondary N) is 1. The summed E-state index contributed by atoms with van der Waals surface area (Å²) in [6, 6.07) is -0.673. The maximum atomic E-state index is 11.4. The van der Waals surface area contributed by atoms with Crippen molar-refractivity contribution >= 4 is 15.7 Å². The average Bonchev–Trinajstić information content (AvgIpc) is 2.12. The number of sulfone groups is 1. The molecule has 0 saturated heterocycles. The van der Waals surface area contributed by atoms with Crippen LogP contribution in [0, 0.1) is 0 Å². The zero-order valence-electron chi connectivity index (χ0n) is 9.99. The van der Waals surface area contributed by atoms with Crippen molar-refractivity contribution in [1.29, 1.82) is 0 Å². The van der Waals surface area contributed by atoms with Gasteiger partial charge in [-0.1, -0.05) is 6.08 Å². The van der Waals surface area contributed by atoms with E-state index < -0.39 is 20.6 Å². The van der Waals surface area contributed by atoms with Crippen molar-refractivity contribution in [2.24, 2.45) is 5.73 Å². The van der Waals surface area contributed by atoms with Crippen molar-refractivity contribution in [1.82, 2.24) is 5.32 Å². The van der Waals surface area contributed by atoms with Gasteiger partial charge in [-0.15, -0.1) is 6.58 Å². The Balaban J connectivity index is 4.36. The normalized spacial score (nSPS) is 14.2. The first-order chi connectivity index (χ1) is 7.12. The molecule has 1 amide bonds. The molecule has 5 nitrogen and oxygen atoms in total. The molecule has 0 aliphatic carbocycles. The van der Waals surface area contributed by atoms with E-state index in [0.29, 0.717) is 6.42 Å². The van der Waals surface area contributed by atoms with Gasteiger partial charge in [0.05, 0.1) is 10.8 Å². The summed E-state index contributed by atoms with van der Waals surface area (Å²) in [7, 11) is -3.21. The Bertz CT molecular complexity index is 360. The van der Waals surface area contributed by atoms with Gasteiger partial charge in [0.1, 0.15) is 0 Å². The van der Waals surface area contributed by atoms with Crippen LogP contribution in [0.15, 0.2) is 12.7 Å². The lowest BCUT2D eigenvalue weighted by molar-refractivity contribution is -0.122. The summed E-state index contributed by atoms with van der Waals surface area (Å²) in [4.78, 5) is 11.4. The van der Waals surface area contributed by atoms with Crippen LogP contribution in [0.25, 0.3) is 0 Å². The number of amides is 1. The SMILES string of the molecule is C=CCC(N)C(=O)NCC(C)(C)S(C)(=O)=O. The van der Waals surface area contributed by atoms with Crippen LogP contribution in [0.4, 0.5) is 0 Å². The van der Waals surface area contributed by atoms with E-state index in [0.717, 1.165) is 6.26 Å². The molecular formula is C10H20N2O3S. The lowest BCUT2D eigenvalue weighted by atomic mass is 10.1. The molecule has 0 saturated carbocycles. The Morgan fingerprint density at radius 2 is 2.06 bits per heavy atom. The minimum atomic E-state index is -3.21. The second-order valence-corrected chi connectivity index (χ2v) is 7.03. The highest BCUT2D eigenvalue weighted by molar-refractivity contribution is 7.92. The van der Waals surface area contributed by atoms with Crippen LogP contribution < -0.4 is 11.1 Å². The Morgan fingerprint density at radius 1 is 1.56 bits per heavy atom. The van der Waals surface area contributed by atoms with Crippen molar-refractivity contribution < 1.29 is 13.2 Å². The van der Waals surface area contributed by atoms with Crippen LogP contribution in [0.3, 0.4) is 0 Å². The molecule has 0 heterocycles. The zero-order chi connectivity index (χ0) is 13.0. The molecule has 0 rings (SSSR count). The lowest BCUT2D eigenvalue weighted by Gasteiger charge is -2.23. The van der Waals surface area contributed by atoms with Gasteiger partial charge in [0.2, 0.25) is 5.91 Å². The average molecular weight is 248 g/mol. The third-order valence-electron chi connectivity index (χ3n) is 2.45. The van der Waals surface area contributed by atoms with Gasteiger partial charge in [0.15, 0.2) is 9.84 Å². The first-order valence-corrected chi connectivity index (χ1v) is 6.85. The molecule has 1 unspecified atom stereocenters. The smallest absolute Gasteiger partial charge is 0.237 e. The minimum absolute atomic E-state index is 0.0511. The topological polar surface area (TPSA) is 89.3 Å². The Hall–Kier alpha value is -0.880. The van der Waals surface area contributed by atoms with Gasteiger partial charge < -0.3 is 11.1 Å². The van der Waals surface area contributed by atoms with E-state index in [1.54, 1.807) is 19.9 Å². The summed E-state index contributed by atoms with van der Waals surface area (Å²) in [6.07, 6.45) is 3.06. The maximum absolute atomic E-state index is 11.4. The van der Waals surface area contributed by atoms with E-state index in [1.807, 2.05) is 0 Å². The fraction of sp³-hybridized carbons (Fsp3) is 0.700.